The van der Waals surface area contributed by atoms with Crippen LogP contribution in [-0.2, 0) is 10.0 Å². The predicted molar refractivity (Wildman–Crippen MR) is 57.5 cm³/mol. The monoisotopic (exact) mass is 214 g/mol. The molecule has 14 heavy (non-hydrogen) atoms. The Balaban J connectivity index is 3.08. The van der Waals surface area contributed by atoms with Crippen molar-refractivity contribution in [3.63, 3.8) is 0 Å². The summed E-state index contributed by atoms with van der Waals surface area (Å²) in [5, 5.41) is 0. The van der Waals surface area contributed by atoms with Gasteiger partial charge in [-0.25, -0.2) is 8.42 Å². The Morgan fingerprint density at radius 3 is 2.43 bits per heavy atom. The summed E-state index contributed by atoms with van der Waals surface area (Å²) >= 11 is 0. The number of para-hydroxylation sites is 1. The summed E-state index contributed by atoms with van der Waals surface area (Å²) < 4.78 is 24.5. The van der Waals surface area contributed by atoms with Crippen molar-refractivity contribution in [3.8, 4) is 0 Å². The molecule has 0 aliphatic heterocycles. The van der Waals surface area contributed by atoms with Crippen LogP contribution in [0.5, 0.6) is 0 Å². The zero-order valence-corrected chi connectivity index (χ0v) is 9.01. The maximum atomic E-state index is 11.0. The van der Waals surface area contributed by atoms with Crippen LogP contribution in [0.25, 0.3) is 0 Å². The highest BCUT2D eigenvalue weighted by Gasteiger charge is 2.08. The maximum Gasteiger partial charge on any atom is 0.229 e. The van der Waals surface area contributed by atoms with Crippen LogP contribution in [0.3, 0.4) is 0 Å². The normalized spacial score (nSPS) is 13.6. The first-order valence-corrected chi connectivity index (χ1v) is 6.11. The summed E-state index contributed by atoms with van der Waals surface area (Å²) in [5.41, 5.74) is 7.03. The zero-order valence-electron chi connectivity index (χ0n) is 8.19. The number of hydrogen-bond donors (Lipinski definition) is 2. The molecule has 78 valence electrons. The first kappa shape index (κ1) is 11.0. The molecule has 0 saturated carbocycles. The van der Waals surface area contributed by atoms with E-state index in [1.54, 1.807) is 18.2 Å². The molecule has 0 amide bonds. The van der Waals surface area contributed by atoms with Crippen LogP contribution in [0.1, 0.15) is 18.5 Å². The molecule has 0 spiro atoms. The SMILES string of the molecule is CC(N)c1ccccc1NS(C)(=O)=O. The molecule has 0 heterocycles. The minimum absolute atomic E-state index is 0.194. The smallest absolute Gasteiger partial charge is 0.229 e. The highest BCUT2D eigenvalue weighted by molar-refractivity contribution is 7.92. The molecular formula is C9H14N2O2S. The van der Waals surface area contributed by atoms with E-state index in [1.807, 2.05) is 13.0 Å². The molecule has 0 saturated heterocycles. The fourth-order valence-electron chi connectivity index (χ4n) is 1.19. The Kier molecular flexibility index (Phi) is 3.13. The van der Waals surface area contributed by atoms with E-state index in [-0.39, 0.29) is 6.04 Å². The first-order valence-electron chi connectivity index (χ1n) is 4.22. The van der Waals surface area contributed by atoms with Crippen molar-refractivity contribution in [2.24, 2.45) is 5.73 Å². The number of hydrogen-bond acceptors (Lipinski definition) is 3. The lowest BCUT2D eigenvalue weighted by Gasteiger charge is -2.12. The number of anilines is 1. The number of nitrogens with two attached hydrogens (primary N) is 1. The van der Waals surface area contributed by atoms with Gasteiger partial charge in [0, 0.05) is 6.04 Å². The Morgan fingerprint density at radius 1 is 1.36 bits per heavy atom. The van der Waals surface area contributed by atoms with Gasteiger partial charge in [-0.3, -0.25) is 4.72 Å². The standard InChI is InChI=1S/C9H14N2O2S/c1-7(10)8-5-3-4-6-9(8)11-14(2,12)13/h3-7,11H,10H2,1-2H3. The summed E-state index contributed by atoms with van der Waals surface area (Å²) in [6.07, 6.45) is 1.12. The summed E-state index contributed by atoms with van der Waals surface area (Å²) in [6, 6.07) is 6.89. The van der Waals surface area contributed by atoms with Gasteiger partial charge in [0.15, 0.2) is 0 Å². The molecule has 1 aromatic rings. The minimum Gasteiger partial charge on any atom is -0.324 e. The quantitative estimate of drug-likeness (QED) is 0.790. The van der Waals surface area contributed by atoms with Gasteiger partial charge in [0.25, 0.3) is 0 Å². The molecule has 0 aliphatic carbocycles. The molecule has 4 nitrogen and oxygen atoms in total. The van der Waals surface area contributed by atoms with E-state index >= 15 is 0 Å². The van der Waals surface area contributed by atoms with Crippen LogP contribution in [0.2, 0.25) is 0 Å². The summed E-state index contributed by atoms with van der Waals surface area (Å²) in [4.78, 5) is 0. The second-order valence-corrected chi connectivity index (χ2v) is 5.00. The molecule has 1 rings (SSSR count). The zero-order chi connectivity index (χ0) is 10.8. The van der Waals surface area contributed by atoms with Gasteiger partial charge in [0.2, 0.25) is 10.0 Å². The van der Waals surface area contributed by atoms with E-state index in [0.717, 1.165) is 11.8 Å². The largest absolute Gasteiger partial charge is 0.324 e. The highest BCUT2D eigenvalue weighted by atomic mass is 32.2. The van der Waals surface area contributed by atoms with Crippen molar-refractivity contribution in [3.05, 3.63) is 29.8 Å². The molecule has 0 fully saturated rings. The summed E-state index contributed by atoms with van der Waals surface area (Å²) in [6.45, 7) is 1.81. The van der Waals surface area contributed by atoms with Gasteiger partial charge in [0.1, 0.15) is 0 Å². The van der Waals surface area contributed by atoms with Gasteiger partial charge in [0.05, 0.1) is 11.9 Å². The van der Waals surface area contributed by atoms with Crippen LogP contribution in [-0.4, -0.2) is 14.7 Å². The van der Waals surface area contributed by atoms with Crippen molar-refractivity contribution in [2.45, 2.75) is 13.0 Å². The molecule has 1 aromatic carbocycles. The van der Waals surface area contributed by atoms with E-state index in [9.17, 15) is 8.42 Å². The van der Waals surface area contributed by atoms with Gasteiger partial charge in [-0.2, -0.15) is 0 Å². The van der Waals surface area contributed by atoms with Crippen molar-refractivity contribution in [1.29, 1.82) is 0 Å². The van der Waals surface area contributed by atoms with E-state index in [2.05, 4.69) is 4.72 Å². The van der Waals surface area contributed by atoms with E-state index in [1.165, 1.54) is 0 Å². The topological polar surface area (TPSA) is 72.2 Å². The number of benzene rings is 1. The Hall–Kier alpha value is -1.07. The molecule has 0 bridgehead atoms. The van der Waals surface area contributed by atoms with E-state index in [0.29, 0.717) is 5.69 Å². The third-order valence-electron chi connectivity index (χ3n) is 1.75. The number of sulfonamides is 1. The number of rotatable bonds is 3. The van der Waals surface area contributed by atoms with Gasteiger partial charge in [-0.05, 0) is 18.6 Å². The fourth-order valence-corrected chi connectivity index (χ4v) is 1.77. The van der Waals surface area contributed by atoms with E-state index < -0.39 is 10.0 Å². The van der Waals surface area contributed by atoms with Gasteiger partial charge in [-0.15, -0.1) is 0 Å². The molecule has 3 N–H and O–H groups in total. The van der Waals surface area contributed by atoms with Crippen molar-refractivity contribution in [2.75, 3.05) is 11.0 Å². The van der Waals surface area contributed by atoms with Crippen LogP contribution in [0.15, 0.2) is 24.3 Å². The molecule has 1 atom stereocenters. The average Bonchev–Trinajstić information content (AvgIpc) is 2.01. The Labute approximate surface area is 84.2 Å². The lowest BCUT2D eigenvalue weighted by atomic mass is 10.1. The van der Waals surface area contributed by atoms with Crippen LogP contribution < -0.4 is 10.5 Å². The minimum atomic E-state index is -3.24. The Morgan fingerprint density at radius 2 is 1.93 bits per heavy atom. The lowest BCUT2D eigenvalue weighted by Crippen LogP contribution is -2.14. The average molecular weight is 214 g/mol. The molecule has 5 heteroatoms. The third kappa shape index (κ3) is 3.01. The Bertz CT molecular complexity index is 413. The number of nitrogens with one attached hydrogen (secondary N) is 1. The van der Waals surface area contributed by atoms with Crippen LogP contribution >= 0.6 is 0 Å². The maximum absolute atomic E-state index is 11.0. The molecule has 0 aliphatic rings. The molecule has 0 radical (unpaired) electrons. The van der Waals surface area contributed by atoms with Gasteiger partial charge < -0.3 is 5.73 Å². The van der Waals surface area contributed by atoms with Crippen molar-refractivity contribution < 1.29 is 8.42 Å². The summed E-state index contributed by atoms with van der Waals surface area (Å²) in [5.74, 6) is 0. The second-order valence-electron chi connectivity index (χ2n) is 3.25. The third-order valence-corrected chi connectivity index (χ3v) is 2.34. The fraction of sp³-hybridized carbons (Fsp3) is 0.333. The predicted octanol–water partition coefficient (Wildman–Crippen LogP) is 1.08. The summed E-state index contributed by atoms with van der Waals surface area (Å²) in [7, 11) is -3.24. The second kappa shape index (κ2) is 3.98. The van der Waals surface area contributed by atoms with E-state index in [4.69, 9.17) is 5.73 Å². The highest BCUT2D eigenvalue weighted by Crippen LogP contribution is 2.21. The lowest BCUT2D eigenvalue weighted by molar-refractivity contribution is 0.606. The van der Waals surface area contributed by atoms with Crippen molar-refractivity contribution >= 4 is 15.7 Å². The van der Waals surface area contributed by atoms with Crippen LogP contribution in [0, 0.1) is 0 Å². The molecule has 1 unspecified atom stereocenters. The molecule has 0 aromatic heterocycles. The molecular weight excluding hydrogens is 200 g/mol. The van der Waals surface area contributed by atoms with Crippen molar-refractivity contribution in [1.82, 2.24) is 0 Å². The first-order chi connectivity index (χ1) is 6.40. The van der Waals surface area contributed by atoms with Gasteiger partial charge >= 0.3 is 0 Å². The van der Waals surface area contributed by atoms with Crippen LogP contribution in [0.4, 0.5) is 5.69 Å². The van der Waals surface area contributed by atoms with Gasteiger partial charge in [-0.1, -0.05) is 18.2 Å².